The third-order valence-corrected chi connectivity index (χ3v) is 8.68. The molecule has 0 heteroatoms. The van der Waals surface area contributed by atoms with Crippen LogP contribution in [0.1, 0.15) is 165 Å². The van der Waals surface area contributed by atoms with Gasteiger partial charge in [0.05, 0.1) is 0 Å². The molecule has 0 spiro atoms. The van der Waals surface area contributed by atoms with Gasteiger partial charge in [0.15, 0.2) is 0 Å². The van der Waals surface area contributed by atoms with Crippen molar-refractivity contribution in [3.63, 3.8) is 0 Å². The lowest BCUT2D eigenvalue weighted by Gasteiger charge is -2.06. The van der Waals surface area contributed by atoms with Crippen LogP contribution in [-0.4, -0.2) is 0 Å². The number of fused-ring (bicyclic) bond motifs is 3. The van der Waals surface area contributed by atoms with Gasteiger partial charge < -0.3 is 0 Å². The Morgan fingerprint density at radius 1 is 0.432 bits per heavy atom. The first kappa shape index (κ1) is 30.0. The predicted octanol–water partition coefficient (Wildman–Crippen LogP) is 12.4. The molecule has 0 atom stereocenters. The molecule has 37 heavy (non-hydrogen) atoms. The Morgan fingerprint density at radius 2 is 0.865 bits per heavy atom. The van der Waals surface area contributed by atoms with Crippen LogP contribution >= 0.6 is 0 Å². The van der Waals surface area contributed by atoms with Gasteiger partial charge in [0.25, 0.3) is 0 Å². The molecule has 1 aliphatic rings. The summed E-state index contributed by atoms with van der Waals surface area (Å²) in [6.45, 7) is 2.30. The maximum Gasteiger partial charge on any atom is -0.00135 e. The Balaban J connectivity index is 1.04. The van der Waals surface area contributed by atoms with Crippen LogP contribution in [0.3, 0.4) is 0 Å². The van der Waals surface area contributed by atoms with Gasteiger partial charge in [-0.05, 0) is 47.1 Å². The standard InChI is InChI=1S/C37H58/c1-2-3-4-5-6-7-8-9-10-11-12-13-14-15-16-17-18-19-20-21-22-23-26-33-29-30-35-32-34-27-24-25-28-36(34)37(35)31-33/h24-25,27-31H,2-23,26,32H2,1H3. The molecule has 0 heterocycles. The van der Waals surface area contributed by atoms with E-state index in [4.69, 9.17) is 0 Å². The molecule has 0 unspecified atom stereocenters. The summed E-state index contributed by atoms with van der Waals surface area (Å²) in [5.41, 5.74) is 7.50. The monoisotopic (exact) mass is 502 g/mol. The normalized spacial score (nSPS) is 12.1. The average Bonchev–Trinajstić information content (AvgIpc) is 3.29. The fraction of sp³-hybridized carbons (Fsp3) is 0.676. The topological polar surface area (TPSA) is 0 Å². The quantitative estimate of drug-likeness (QED) is 0.113. The number of rotatable bonds is 23. The molecule has 1 aliphatic carbocycles. The molecule has 2 aromatic carbocycles. The lowest BCUT2D eigenvalue weighted by molar-refractivity contribution is 0.519. The number of hydrogen-bond donors (Lipinski definition) is 0. The van der Waals surface area contributed by atoms with Crippen molar-refractivity contribution in [2.45, 2.75) is 161 Å². The number of hydrogen-bond acceptors (Lipinski definition) is 0. The number of aryl methyl sites for hydroxylation is 1. The maximum atomic E-state index is 2.47. The van der Waals surface area contributed by atoms with Crippen molar-refractivity contribution in [2.24, 2.45) is 0 Å². The zero-order valence-electron chi connectivity index (χ0n) is 24.5. The summed E-state index contributed by atoms with van der Waals surface area (Å²) in [6.07, 6.45) is 34.4. The van der Waals surface area contributed by atoms with Crippen molar-refractivity contribution in [3.05, 3.63) is 59.2 Å². The zero-order valence-corrected chi connectivity index (χ0v) is 24.5. The summed E-state index contributed by atoms with van der Waals surface area (Å²) in [7, 11) is 0. The third kappa shape index (κ3) is 12.2. The van der Waals surface area contributed by atoms with Crippen molar-refractivity contribution in [2.75, 3.05) is 0 Å². The smallest absolute Gasteiger partial charge is 0.00135 e. The molecular weight excluding hydrogens is 444 g/mol. The maximum absolute atomic E-state index is 2.47. The summed E-state index contributed by atoms with van der Waals surface area (Å²) in [5, 5.41) is 0. The second-order valence-electron chi connectivity index (χ2n) is 12.0. The molecule has 0 radical (unpaired) electrons. The molecule has 0 N–H and O–H groups in total. The molecule has 0 fully saturated rings. The van der Waals surface area contributed by atoms with Gasteiger partial charge in [-0.3, -0.25) is 0 Å². The van der Waals surface area contributed by atoms with E-state index in [0.29, 0.717) is 0 Å². The summed E-state index contributed by atoms with van der Waals surface area (Å²) in [5.74, 6) is 0. The Bertz CT molecular complexity index is 832. The molecule has 3 rings (SSSR count). The second-order valence-corrected chi connectivity index (χ2v) is 12.0. The van der Waals surface area contributed by atoms with Gasteiger partial charge in [-0.25, -0.2) is 0 Å². The highest BCUT2D eigenvalue weighted by Gasteiger charge is 2.17. The van der Waals surface area contributed by atoms with Crippen LogP contribution in [0.2, 0.25) is 0 Å². The first-order valence-corrected chi connectivity index (χ1v) is 16.6. The van der Waals surface area contributed by atoms with Crippen LogP contribution in [-0.2, 0) is 12.8 Å². The highest BCUT2D eigenvalue weighted by molar-refractivity contribution is 5.77. The van der Waals surface area contributed by atoms with Gasteiger partial charge in [-0.15, -0.1) is 0 Å². The minimum absolute atomic E-state index is 1.12. The van der Waals surface area contributed by atoms with E-state index < -0.39 is 0 Å². The van der Waals surface area contributed by atoms with Crippen molar-refractivity contribution in [3.8, 4) is 11.1 Å². The molecular formula is C37H58. The Morgan fingerprint density at radius 3 is 1.38 bits per heavy atom. The fourth-order valence-electron chi connectivity index (χ4n) is 6.26. The van der Waals surface area contributed by atoms with Crippen molar-refractivity contribution >= 4 is 0 Å². The minimum atomic E-state index is 1.12. The summed E-state index contributed by atoms with van der Waals surface area (Å²) >= 11 is 0. The molecule has 0 amide bonds. The third-order valence-electron chi connectivity index (χ3n) is 8.68. The van der Waals surface area contributed by atoms with E-state index in [1.54, 1.807) is 0 Å². The molecule has 0 saturated heterocycles. The molecule has 0 aliphatic heterocycles. The highest BCUT2D eigenvalue weighted by atomic mass is 14.2. The van der Waals surface area contributed by atoms with Gasteiger partial charge in [0.2, 0.25) is 0 Å². The van der Waals surface area contributed by atoms with E-state index in [1.807, 2.05) is 0 Å². The van der Waals surface area contributed by atoms with Crippen LogP contribution in [0, 0.1) is 0 Å². The second kappa shape index (κ2) is 19.5. The Labute approximate surface area is 231 Å². The van der Waals surface area contributed by atoms with Gasteiger partial charge >= 0.3 is 0 Å². The van der Waals surface area contributed by atoms with E-state index in [1.165, 1.54) is 175 Å². The summed E-state index contributed by atoms with van der Waals surface area (Å²) < 4.78 is 0. The highest BCUT2D eigenvalue weighted by Crippen LogP contribution is 2.37. The summed E-state index contributed by atoms with van der Waals surface area (Å²) in [4.78, 5) is 0. The molecule has 206 valence electrons. The fourth-order valence-corrected chi connectivity index (χ4v) is 6.26. The van der Waals surface area contributed by atoms with Gasteiger partial charge in [0, 0.05) is 0 Å². The first-order chi connectivity index (χ1) is 18.4. The largest absolute Gasteiger partial charge is 0.0654 e. The number of benzene rings is 2. The predicted molar refractivity (Wildman–Crippen MR) is 166 cm³/mol. The van der Waals surface area contributed by atoms with Crippen LogP contribution < -0.4 is 0 Å². The van der Waals surface area contributed by atoms with Crippen molar-refractivity contribution in [1.29, 1.82) is 0 Å². The average molecular weight is 503 g/mol. The van der Waals surface area contributed by atoms with Crippen LogP contribution in [0.4, 0.5) is 0 Å². The molecule has 0 bridgehead atoms. The van der Waals surface area contributed by atoms with Crippen LogP contribution in [0.5, 0.6) is 0 Å². The Hall–Kier alpha value is -1.56. The van der Waals surface area contributed by atoms with Crippen LogP contribution in [0.15, 0.2) is 42.5 Å². The SMILES string of the molecule is CCCCCCCCCCCCCCCCCCCCCCCCc1ccc2c(c1)-c1ccccc1C2. The molecule has 0 aromatic heterocycles. The minimum Gasteiger partial charge on any atom is -0.0654 e. The van der Waals surface area contributed by atoms with Crippen LogP contribution in [0.25, 0.3) is 11.1 Å². The Kier molecular flexibility index (Phi) is 15.8. The van der Waals surface area contributed by atoms with Gasteiger partial charge in [-0.2, -0.15) is 0 Å². The number of unbranched alkanes of at least 4 members (excludes halogenated alkanes) is 21. The van der Waals surface area contributed by atoms with Gasteiger partial charge in [0.1, 0.15) is 0 Å². The van der Waals surface area contributed by atoms with Crippen molar-refractivity contribution in [1.82, 2.24) is 0 Å². The molecule has 2 aromatic rings. The van der Waals surface area contributed by atoms with Crippen molar-refractivity contribution < 1.29 is 0 Å². The van der Waals surface area contributed by atoms with E-state index in [0.717, 1.165) is 6.42 Å². The molecule has 0 saturated carbocycles. The lowest BCUT2D eigenvalue weighted by Crippen LogP contribution is -1.89. The zero-order chi connectivity index (χ0) is 25.8. The van der Waals surface area contributed by atoms with E-state index in [2.05, 4.69) is 49.4 Å². The summed E-state index contributed by atoms with van der Waals surface area (Å²) in [6, 6.07) is 16.2. The van der Waals surface area contributed by atoms with Gasteiger partial charge in [-0.1, -0.05) is 184 Å². The van der Waals surface area contributed by atoms with E-state index in [-0.39, 0.29) is 0 Å². The lowest BCUT2D eigenvalue weighted by atomic mass is 9.99. The van der Waals surface area contributed by atoms with E-state index >= 15 is 0 Å². The van der Waals surface area contributed by atoms with E-state index in [9.17, 15) is 0 Å². The molecule has 0 nitrogen and oxygen atoms in total. The first-order valence-electron chi connectivity index (χ1n) is 16.6.